The highest BCUT2D eigenvalue weighted by atomic mass is 19.2. The Labute approximate surface area is 109 Å². The largest absolute Gasteiger partial charge is 0.437 e. The third-order valence-corrected chi connectivity index (χ3v) is 2.70. The number of nitrogens with two attached hydrogens (primary N) is 1. The summed E-state index contributed by atoms with van der Waals surface area (Å²) >= 11 is 0. The van der Waals surface area contributed by atoms with E-state index in [1.165, 1.54) is 10.7 Å². The first-order chi connectivity index (χ1) is 9.02. The predicted octanol–water partition coefficient (Wildman–Crippen LogP) is 3.03. The van der Waals surface area contributed by atoms with E-state index in [1.54, 1.807) is 7.05 Å². The average molecular weight is 267 g/mol. The monoisotopic (exact) mass is 267 g/mol. The molecule has 0 fully saturated rings. The molecule has 1 aromatic carbocycles. The minimum absolute atomic E-state index is 0.177. The molecule has 0 aliphatic rings. The molecule has 2 rings (SSSR count). The molecule has 0 amide bonds. The highest BCUT2D eigenvalue weighted by Crippen LogP contribution is 2.30. The summed E-state index contributed by atoms with van der Waals surface area (Å²) in [4.78, 5) is 0. The lowest BCUT2D eigenvalue weighted by molar-refractivity contribution is 0.423. The van der Waals surface area contributed by atoms with Crippen LogP contribution in [0.4, 0.5) is 14.5 Å². The van der Waals surface area contributed by atoms with Gasteiger partial charge in [0, 0.05) is 13.1 Å². The standard InChI is InChI=1S/C13H15F2N3O/c1-3-4-11-12(16)13(18(2)17-11)19-8-5-6-9(14)10(15)7-8/h5-7H,3-4,16H2,1-2H3. The molecular weight excluding hydrogens is 252 g/mol. The van der Waals surface area contributed by atoms with Crippen LogP contribution in [-0.2, 0) is 13.5 Å². The smallest absolute Gasteiger partial charge is 0.241 e. The van der Waals surface area contributed by atoms with E-state index in [-0.39, 0.29) is 5.75 Å². The summed E-state index contributed by atoms with van der Waals surface area (Å²) in [6.45, 7) is 2.02. The second-order valence-electron chi connectivity index (χ2n) is 4.22. The summed E-state index contributed by atoms with van der Waals surface area (Å²) in [5.41, 5.74) is 7.09. The van der Waals surface area contributed by atoms with Gasteiger partial charge in [-0.15, -0.1) is 0 Å². The van der Waals surface area contributed by atoms with Crippen LogP contribution in [0.15, 0.2) is 18.2 Å². The lowest BCUT2D eigenvalue weighted by Crippen LogP contribution is -1.97. The second kappa shape index (κ2) is 5.26. The van der Waals surface area contributed by atoms with Gasteiger partial charge in [0.15, 0.2) is 11.6 Å². The fraction of sp³-hybridized carbons (Fsp3) is 0.308. The second-order valence-corrected chi connectivity index (χ2v) is 4.22. The van der Waals surface area contributed by atoms with E-state index in [0.29, 0.717) is 11.6 Å². The summed E-state index contributed by atoms with van der Waals surface area (Å²) < 4.78 is 32.9. The molecule has 1 aromatic heterocycles. The Morgan fingerprint density at radius 1 is 1.32 bits per heavy atom. The summed E-state index contributed by atoms with van der Waals surface area (Å²) in [7, 11) is 1.69. The SMILES string of the molecule is CCCc1nn(C)c(Oc2ccc(F)c(F)c2)c1N. The topological polar surface area (TPSA) is 53.1 Å². The van der Waals surface area contributed by atoms with Crippen LogP contribution in [0, 0.1) is 11.6 Å². The van der Waals surface area contributed by atoms with Crippen LogP contribution in [0.2, 0.25) is 0 Å². The molecule has 0 bridgehead atoms. The van der Waals surface area contributed by atoms with Gasteiger partial charge in [0.1, 0.15) is 11.4 Å². The fourth-order valence-electron chi connectivity index (χ4n) is 1.77. The Bertz CT molecular complexity index is 596. The molecule has 0 aliphatic heterocycles. The predicted molar refractivity (Wildman–Crippen MR) is 68.0 cm³/mol. The van der Waals surface area contributed by atoms with Gasteiger partial charge in [0.05, 0.1) is 5.69 Å². The molecule has 0 aliphatic carbocycles. The zero-order valence-electron chi connectivity index (χ0n) is 10.8. The first-order valence-corrected chi connectivity index (χ1v) is 5.97. The summed E-state index contributed by atoms with van der Waals surface area (Å²) in [6, 6.07) is 3.32. The quantitative estimate of drug-likeness (QED) is 0.926. The van der Waals surface area contributed by atoms with Gasteiger partial charge in [0.25, 0.3) is 0 Å². The van der Waals surface area contributed by atoms with Crippen molar-refractivity contribution < 1.29 is 13.5 Å². The van der Waals surface area contributed by atoms with Gasteiger partial charge in [-0.05, 0) is 18.6 Å². The van der Waals surface area contributed by atoms with E-state index >= 15 is 0 Å². The number of hydrogen-bond acceptors (Lipinski definition) is 3. The minimum atomic E-state index is -0.966. The first-order valence-electron chi connectivity index (χ1n) is 5.97. The van der Waals surface area contributed by atoms with Crippen molar-refractivity contribution in [2.45, 2.75) is 19.8 Å². The van der Waals surface area contributed by atoms with E-state index in [1.807, 2.05) is 6.92 Å². The Hall–Kier alpha value is -2.11. The van der Waals surface area contributed by atoms with Crippen LogP contribution >= 0.6 is 0 Å². The Kier molecular flexibility index (Phi) is 3.69. The molecule has 0 saturated heterocycles. The maximum atomic E-state index is 13.1. The number of ether oxygens (including phenoxy) is 1. The zero-order valence-corrected chi connectivity index (χ0v) is 10.8. The van der Waals surface area contributed by atoms with Crippen LogP contribution < -0.4 is 10.5 Å². The third kappa shape index (κ3) is 2.67. The zero-order chi connectivity index (χ0) is 14.0. The molecule has 2 N–H and O–H groups in total. The molecule has 19 heavy (non-hydrogen) atoms. The number of hydrogen-bond donors (Lipinski definition) is 1. The van der Waals surface area contributed by atoms with Crippen molar-refractivity contribution in [2.75, 3.05) is 5.73 Å². The van der Waals surface area contributed by atoms with Crippen molar-refractivity contribution in [3.63, 3.8) is 0 Å². The van der Waals surface area contributed by atoms with E-state index in [0.717, 1.165) is 30.7 Å². The number of rotatable bonds is 4. The van der Waals surface area contributed by atoms with Crippen molar-refractivity contribution in [2.24, 2.45) is 7.05 Å². The average Bonchev–Trinajstić information content (AvgIpc) is 2.62. The van der Waals surface area contributed by atoms with Crippen LogP contribution in [-0.4, -0.2) is 9.78 Å². The van der Waals surface area contributed by atoms with Gasteiger partial charge in [-0.1, -0.05) is 13.3 Å². The summed E-state index contributed by atoms with van der Waals surface area (Å²) in [5, 5.41) is 4.23. The number of halogens is 2. The van der Waals surface area contributed by atoms with Gasteiger partial charge in [0.2, 0.25) is 5.88 Å². The normalized spacial score (nSPS) is 10.7. The maximum absolute atomic E-state index is 13.1. The molecule has 0 spiro atoms. The molecule has 102 valence electrons. The van der Waals surface area contributed by atoms with Crippen molar-refractivity contribution >= 4 is 5.69 Å². The summed E-state index contributed by atoms with van der Waals surface area (Å²) in [5.74, 6) is -1.38. The van der Waals surface area contributed by atoms with Crippen molar-refractivity contribution in [1.29, 1.82) is 0 Å². The van der Waals surface area contributed by atoms with Crippen molar-refractivity contribution in [3.8, 4) is 11.6 Å². The maximum Gasteiger partial charge on any atom is 0.241 e. The first kappa shape index (κ1) is 13.3. The molecule has 0 saturated carbocycles. The van der Waals surface area contributed by atoms with Crippen LogP contribution in [0.5, 0.6) is 11.6 Å². The highest BCUT2D eigenvalue weighted by Gasteiger charge is 2.15. The molecule has 0 atom stereocenters. The number of aromatic nitrogens is 2. The number of nitrogen functional groups attached to an aromatic ring is 1. The third-order valence-electron chi connectivity index (χ3n) is 2.70. The van der Waals surface area contributed by atoms with Crippen LogP contribution in [0.3, 0.4) is 0 Å². The van der Waals surface area contributed by atoms with Crippen molar-refractivity contribution in [1.82, 2.24) is 9.78 Å². The van der Waals surface area contributed by atoms with Crippen LogP contribution in [0.25, 0.3) is 0 Å². The van der Waals surface area contributed by atoms with Crippen LogP contribution in [0.1, 0.15) is 19.0 Å². The summed E-state index contributed by atoms with van der Waals surface area (Å²) in [6.07, 6.45) is 1.65. The Morgan fingerprint density at radius 3 is 2.68 bits per heavy atom. The Morgan fingerprint density at radius 2 is 2.05 bits per heavy atom. The molecule has 0 radical (unpaired) electrons. The number of anilines is 1. The number of nitrogens with zero attached hydrogens (tertiary/aromatic N) is 2. The molecule has 1 heterocycles. The highest BCUT2D eigenvalue weighted by molar-refractivity contribution is 5.54. The number of aryl methyl sites for hydroxylation is 2. The van der Waals surface area contributed by atoms with E-state index < -0.39 is 11.6 Å². The van der Waals surface area contributed by atoms with E-state index in [4.69, 9.17) is 10.5 Å². The van der Waals surface area contributed by atoms with Gasteiger partial charge in [-0.2, -0.15) is 5.10 Å². The molecule has 6 heteroatoms. The van der Waals surface area contributed by atoms with E-state index in [9.17, 15) is 8.78 Å². The molecular formula is C13H15F2N3O. The number of benzene rings is 1. The van der Waals surface area contributed by atoms with E-state index in [2.05, 4.69) is 5.10 Å². The fourth-order valence-corrected chi connectivity index (χ4v) is 1.77. The lowest BCUT2D eigenvalue weighted by atomic mass is 10.2. The van der Waals surface area contributed by atoms with Gasteiger partial charge in [-0.3, -0.25) is 0 Å². The Balaban J connectivity index is 2.30. The molecule has 0 unspecified atom stereocenters. The molecule has 4 nitrogen and oxygen atoms in total. The van der Waals surface area contributed by atoms with Gasteiger partial charge >= 0.3 is 0 Å². The minimum Gasteiger partial charge on any atom is -0.437 e. The van der Waals surface area contributed by atoms with Gasteiger partial charge < -0.3 is 10.5 Å². The molecule has 2 aromatic rings. The lowest BCUT2D eigenvalue weighted by Gasteiger charge is -2.06. The van der Waals surface area contributed by atoms with Gasteiger partial charge in [-0.25, -0.2) is 13.5 Å². The van der Waals surface area contributed by atoms with Crippen molar-refractivity contribution in [3.05, 3.63) is 35.5 Å².